The highest BCUT2D eigenvalue weighted by atomic mass is 79.9. The number of carboxylic acid groups (broad SMARTS) is 1. The molecule has 1 fully saturated rings. The number of halogens is 2. The maximum Gasteiger partial charge on any atom is 0.306 e. The van der Waals surface area contributed by atoms with Gasteiger partial charge in [0.2, 0.25) is 0 Å². The lowest BCUT2D eigenvalue weighted by Crippen LogP contribution is -2.38. The first-order chi connectivity index (χ1) is 13.9. The predicted octanol–water partition coefficient (Wildman–Crippen LogP) is 5.13. The van der Waals surface area contributed by atoms with Crippen LogP contribution in [0, 0.1) is 5.92 Å². The Balaban J connectivity index is 1.80. The summed E-state index contributed by atoms with van der Waals surface area (Å²) < 4.78 is 18.0. The van der Waals surface area contributed by atoms with Crippen LogP contribution in [0.25, 0.3) is 22.3 Å². The minimum absolute atomic E-state index is 0.226. The maximum absolute atomic E-state index is 12.6. The van der Waals surface area contributed by atoms with Crippen molar-refractivity contribution in [2.75, 3.05) is 7.11 Å². The van der Waals surface area contributed by atoms with Crippen LogP contribution in [0.2, 0.25) is 5.02 Å². The van der Waals surface area contributed by atoms with Crippen LogP contribution in [0.4, 0.5) is 0 Å². The molecule has 1 saturated carbocycles. The van der Waals surface area contributed by atoms with Crippen molar-refractivity contribution in [2.24, 2.45) is 5.92 Å². The second-order valence-electron chi connectivity index (χ2n) is 6.82. The number of hydrogen-bond acceptors (Lipinski definition) is 5. The number of benzene rings is 2. The Morgan fingerprint density at radius 1 is 1.24 bits per heavy atom. The lowest BCUT2D eigenvalue weighted by Gasteiger charge is -2.33. The smallest absolute Gasteiger partial charge is 0.306 e. The van der Waals surface area contributed by atoms with E-state index >= 15 is 0 Å². The molecule has 8 heteroatoms. The van der Waals surface area contributed by atoms with Crippen LogP contribution < -0.4 is 14.9 Å². The van der Waals surface area contributed by atoms with Crippen LogP contribution in [0.3, 0.4) is 0 Å². The summed E-state index contributed by atoms with van der Waals surface area (Å²) in [4.78, 5) is 23.7. The van der Waals surface area contributed by atoms with Crippen molar-refractivity contribution in [2.45, 2.75) is 18.9 Å². The van der Waals surface area contributed by atoms with Gasteiger partial charge in [0.05, 0.1) is 33.5 Å². The van der Waals surface area contributed by atoms with Crippen LogP contribution in [0.1, 0.15) is 12.8 Å². The summed E-state index contributed by atoms with van der Waals surface area (Å²) >= 11 is 9.66. The van der Waals surface area contributed by atoms with Gasteiger partial charge in [0.25, 0.3) is 0 Å². The fourth-order valence-corrected chi connectivity index (χ4v) is 4.02. The quantitative estimate of drug-likeness (QED) is 0.546. The van der Waals surface area contributed by atoms with Gasteiger partial charge in [-0.3, -0.25) is 9.59 Å². The number of rotatable bonds is 5. The van der Waals surface area contributed by atoms with Gasteiger partial charge in [-0.15, -0.1) is 0 Å². The highest BCUT2D eigenvalue weighted by molar-refractivity contribution is 9.10. The summed E-state index contributed by atoms with van der Waals surface area (Å²) in [7, 11) is 1.53. The first kappa shape index (κ1) is 19.8. The minimum Gasteiger partial charge on any atom is -0.495 e. The van der Waals surface area contributed by atoms with Gasteiger partial charge in [-0.1, -0.05) is 17.7 Å². The van der Waals surface area contributed by atoms with E-state index in [0.717, 1.165) is 0 Å². The molecule has 1 aliphatic rings. The Kier molecular flexibility index (Phi) is 5.27. The highest BCUT2D eigenvalue weighted by Gasteiger charge is 2.36. The van der Waals surface area contributed by atoms with E-state index in [-0.39, 0.29) is 11.5 Å². The monoisotopic (exact) mass is 478 g/mol. The standard InChI is InChI=1S/C21H16BrClO6/c1-27-19-9-18(28-11-5-10(6-11)21(25)26)13(7-14(19)22)17-8-16(24)12-3-2-4-15(23)20(12)29-17/h2-4,7-11H,5-6H2,1H3,(H,25,26)/t10-,11-. The Labute approximate surface area is 179 Å². The molecule has 1 aromatic heterocycles. The van der Waals surface area contributed by atoms with Crippen LogP contribution in [-0.2, 0) is 4.79 Å². The third-order valence-electron chi connectivity index (χ3n) is 4.96. The zero-order chi connectivity index (χ0) is 20.7. The summed E-state index contributed by atoms with van der Waals surface area (Å²) in [6, 6.07) is 9.81. The van der Waals surface area contributed by atoms with Gasteiger partial charge in [-0.05, 0) is 47.0 Å². The molecule has 2 aromatic carbocycles. The third kappa shape index (κ3) is 3.72. The molecule has 150 valence electrons. The molecule has 29 heavy (non-hydrogen) atoms. The van der Waals surface area contributed by atoms with Crippen molar-refractivity contribution in [1.29, 1.82) is 0 Å². The molecule has 6 nitrogen and oxygen atoms in total. The van der Waals surface area contributed by atoms with Crippen molar-refractivity contribution in [3.63, 3.8) is 0 Å². The lowest BCUT2D eigenvalue weighted by atomic mass is 9.82. The zero-order valence-corrected chi connectivity index (χ0v) is 17.6. The van der Waals surface area contributed by atoms with Crippen molar-refractivity contribution in [3.8, 4) is 22.8 Å². The van der Waals surface area contributed by atoms with E-state index in [2.05, 4.69) is 15.9 Å². The number of para-hydroxylation sites is 1. The lowest BCUT2D eigenvalue weighted by molar-refractivity contribution is -0.147. The zero-order valence-electron chi connectivity index (χ0n) is 15.3. The summed E-state index contributed by atoms with van der Waals surface area (Å²) in [6.45, 7) is 0. The second kappa shape index (κ2) is 7.72. The Hall–Kier alpha value is -2.51. The normalized spacial score (nSPS) is 18.3. The summed E-state index contributed by atoms with van der Waals surface area (Å²) in [5, 5.41) is 9.80. The number of methoxy groups -OCH3 is 1. The largest absolute Gasteiger partial charge is 0.495 e. The number of carbonyl (C=O) groups is 1. The maximum atomic E-state index is 12.6. The van der Waals surface area contributed by atoms with Crippen molar-refractivity contribution >= 4 is 44.5 Å². The highest BCUT2D eigenvalue weighted by Crippen LogP contribution is 2.42. The summed E-state index contributed by atoms with van der Waals surface area (Å²) in [6.07, 6.45) is 0.595. The van der Waals surface area contributed by atoms with Crippen LogP contribution >= 0.6 is 27.5 Å². The number of fused-ring (bicyclic) bond motifs is 1. The van der Waals surface area contributed by atoms with E-state index in [1.807, 2.05) is 0 Å². The molecule has 0 amide bonds. The summed E-state index contributed by atoms with van der Waals surface area (Å²) in [5.74, 6) is 0.0439. The molecular formula is C21H16BrClO6. The van der Waals surface area contributed by atoms with Gasteiger partial charge < -0.3 is 19.0 Å². The average Bonchev–Trinajstić information content (AvgIpc) is 2.65. The molecule has 0 radical (unpaired) electrons. The van der Waals surface area contributed by atoms with Crippen molar-refractivity contribution in [3.05, 3.63) is 56.1 Å². The van der Waals surface area contributed by atoms with Crippen molar-refractivity contribution < 1.29 is 23.8 Å². The van der Waals surface area contributed by atoms with Gasteiger partial charge in [-0.25, -0.2) is 0 Å². The Morgan fingerprint density at radius 2 is 2.00 bits per heavy atom. The van der Waals surface area contributed by atoms with Crippen LogP contribution in [0.15, 0.2) is 50.1 Å². The molecule has 3 aromatic rings. The van der Waals surface area contributed by atoms with Crippen LogP contribution in [-0.4, -0.2) is 24.3 Å². The predicted molar refractivity (Wildman–Crippen MR) is 112 cm³/mol. The fourth-order valence-electron chi connectivity index (χ4n) is 3.30. The van der Waals surface area contributed by atoms with Gasteiger partial charge >= 0.3 is 5.97 Å². The molecule has 1 N–H and O–H groups in total. The van der Waals surface area contributed by atoms with Gasteiger partial charge in [0, 0.05) is 12.1 Å². The van der Waals surface area contributed by atoms with Gasteiger partial charge in [-0.2, -0.15) is 0 Å². The van der Waals surface area contributed by atoms with E-state index in [1.54, 1.807) is 30.3 Å². The molecule has 0 aliphatic heterocycles. The van der Waals surface area contributed by atoms with Gasteiger partial charge in [0.1, 0.15) is 23.4 Å². The molecule has 1 aliphatic carbocycles. The molecule has 0 atom stereocenters. The molecule has 0 unspecified atom stereocenters. The first-order valence-corrected chi connectivity index (χ1v) is 10.0. The molecular weight excluding hydrogens is 464 g/mol. The van der Waals surface area contributed by atoms with Crippen LogP contribution in [0.5, 0.6) is 11.5 Å². The van der Waals surface area contributed by atoms with Crippen molar-refractivity contribution in [1.82, 2.24) is 0 Å². The third-order valence-corrected chi connectivity index (χ3v) is 5.88. The molecule has 0 bridgehead atoms. The Morgan fingerprint density at radius 3 is 2.69 bits per heavy atom. The number of carboxylic acids is 1. The first-order valence-electron chi connectivity index (χ1n) is 8.87. The second-order valence-corrected chi connectivity index (χ2v) is 8.08. The minimum atomic E-state index is -0.825. The number of ether oxygens (including phenoxy) is 2. The number of hydrogen-bond donors (Lipinski definition) is 1. The van der Waals surface area contributed by atoms with E-state index in [1.165, 1.54) is 13.2 Å². The Bertz CT molecular complexity index is 1170. The SMILES string of the molecule is COc1cc(O[C@H]2C[C@H](C(=O)O)C2)c(-c2cc(=O)c3cccc(Cl)c3o2)cc1Br. The molecule has 0 saturated heterocycles. The molecule has 1 heterocycles. The molecule has 0 spiro atoms. The summed E-state index contributed by atoms with van der Waals surface area (Å²) in [5.41, 5.74) is 0.607. The average molecular weight is 480 g/mol. The van der Waals surface area contributed by atoms with E-state index in [0.29, 0.717) is 56.1 Å². The molecule has 4 rings (SSSR count). The topological polar surface area (TPSA) is 86.0 Å². The fraction of sp³-hybridized carbons (Fsp3) is 0.238. The van der Waals surface area contributed by atoms with E-state index < -0.39 is 11.9 Å². The van der Waals surface area contributed by atoms with E-state index in [9.17, 15) is 9.59 Å². The van der Waals surface area contributed by atoms with E-state index in [4.69, 9.17) is 30.6 Å². The van der Waals surface area contributed by atoms with Gasteiger partial charge in [0.15, 0.2) is 11.0 Å². The number of aliphatic carboxylic acids is 1.